The second-order valence-electron chi connectivity index (χ2n) is 8.71. The van der Waals surface area contributed by atoms with Crippen LogP contribution in [0.2, 0.25) is 5.02 Å². The first-order valence-electron chi connectivity index (χ1n) is 11.3. The minimum absolute atomic E-state index is 0.102. The molecule has 0 spiro atoms. The van der Waals surface area contributed by atoms with Crippen molar-refractivity contribution in [2.75, 3.05) is 19.6 Å². The molecule has 4 rings (SSSR count). The summed E-state index contributed by atoms with van der Waals surface area (Å²) < 4.78 is 2.76. The van der Waals surface area contributed by atoms with Gasteiger partial charge in [0.05, 0.1) is 11.0 Å². The van der Waals surface area contributed by atoms with Gasteiger partial charge in [-0.3, -0.25) is 19.3 Å². The molecule has 0 bridgehead atoms. The Morgan fingerprint density at radius 1 is 1.00 bits per heavy atom. The lowest BCUT2D eigenvalue weighted by Gasteiger charge is -2.32. The molecule has 33 heavy (non-hydrogen) atoms. The fourth-order valence-corrected chi connectivity index (χ4v) is 4.56. The number of para-hydroxylation sites is 2. The fraction of sp³-hybridized carbons (Fsp3) is 0.400. The Labute approximate surface area is 197 Å². The molecule has 1 aliphatic heterocycles. The Morgan fingerprint density at radius 3 is 2.36 bits per heavy atom. The number of aromatic nitrogens is 2. The molecular weight excluding hydrogens is 440 g/mol. The van der Waals surface area contributed by atoms with E-state index in [4.69, 9.17) is 11.6 Å². The lowest BCUT2D eigenvalue weighted by atomic mass is 9.96. The van der Waals surface area contributed by atoms with E-state index >= 15 is 0 Å². The molecule has 174 valence electrons. The van der Waals surface area contributed by atoms with Crippen LogP contribution in [-0.4, -0.2) is 39.6 Å². The molecule has 8 heteroatoms. The Hall–Kier alpha value is -2.90. The quantitative estimate of drug-likeness (QED) is 0.541. The van der Waals surface area contributed by atoms with Crippen LogP contribution in [0.3, 0.4) is 0 Å². The van der Waals surface area contributed by atoms with Crippen molar-refractivity contribution in [2.45, 2.75) is 32.4 Å². The number of likely N-dealkylation sites (tertiary alicyclic amines) is 1. The standard InChI is InChI=1S/C25H29ClN4O3/c1-28-21-4-2-3-5-22(21)30(25(33)24(28)32)15-12-23(31)27-16-18-10-13-29(14-11-18)17-19-6-8-20(26)9-7-19/h2-9,18H,10-17H2,1H3,(H,27,31). The number of halogens is 1. The van der Waals surface area contributed by atoms with Gasteiger partial charge in [-0.15, -0.1) is 0 Å². The molecule has 0 saturated carbocycles. The van der Waals surface area contributed by atoms with Gasteiger partial charge in [-0.1, -0.05) is 35.9 Å². The van der Waals surface area contributed by atoms with Gasteiger partial charge >= 0.3 is 11.1 Å². The van der Waals surface area contributed by atoms with Crippen LogP contribution in [0.5, 0.6) is 0 Å². The van der Waals surface area contributed by atoms with Crippen LogP contribution in [0.4, 0.5) is 0 Å². The zero-order chi connectivity index (χ0) is 23.4. The van der Waals surface area contributed by atoms with Crippen molar-refractivity contribution in [2.24, 2.45) is 13.0 Å². The first-order chi connectivity index (χ1) is 15.9. The number of nitrogens with one attached hydrogen (secondary N) is 1. The third kappa shape index (κ3) is 5.54. The van der Waals surface area contributed by atoms with Gasteiger partial charge in [-0.2, -0.15) is 0 Å². The number of hydrogen-bond donors (Lipinski definition) is 1. The minimum Gasteiger partial charge on any atom is -0.356 e. The highest BCUT2D eigenvalue weighted by Gasteiger charge is 2.20. The molecular formula is C25H29ClN4O3. The SMILES string of the molecule is Cn1c(=O)c(=O)n(CCC(=O)NCC2CCN(Cc3ccc(Cl)cc3)CC2)c2ccccc21. The number of fused-ring (bicyclic) bond motifs is 1. The van der Waals surface area contributed by atoms with Crippen molar-refractivity contribution in [1.82, 2.24) is 19.4 Å². The van der Waals surface area contributed by atoms with Crippen LogP contribution in [0.25, 0.3) is 11.0 Å². The van der Waals surface area contributed by atoms with Gasteiger partial charge in [0.25, 0.3) is 0 Å². The van der Waals surface area contributed by atoms with E-state index in [9.17, 15) is 14.4 Å². The van der Waals surface area contributed by atoms with Gasteiger partial charge in [0, 0.05) is 38.1 Å². The van der Waals surface area contributed by atoms with E-state index in [1.807, 2.05) is 24.3 Å². The maximum Gasteiger partial charge on any atom is 0.316 e. The van der Waals surface area contributed by atoms with E-state index in [0.717, 1.165) is 37.5 Å². The van der Waals surface area contributed by atoms with E-state index in [2.05, 4.69) is 22.3 Å². The largest absolute Gasteiger partial charge is 0.356 e. The molecule has 7 nitrogen and oxygen atoms in total. The summed E-state index contributed by atoms with van der Waals surface area (Å²) >= 11 is 5.96. The molecule has 1 aliphatic rings. The van der Waals surface area contributed by atoms with Gasteiger partial charge in [0.2, 0.25) is 5.91 Å². The van der Waals surface area contributed by atoms with Crippen molar-refractivity contribution in [3.63, 3.8) is 0 Å². The number of nitrogens with zero attached hydrogens (tertiary/aromatic N) is 3. The number of aryl methyl sites for hydroxylation is 2. The van der Waals surface area contributed by atoms with Crippen molar-refractivity contribution < 1.29 is 4.79 Å². The van der Waals surface area contributed by atoms with Crippen molar-refractivity contribution >= 4 is 28.5 Å². The molecule has 0 atom stereocenters. The third-order valence-corrected chi connectivity index (χ3v) is 6.70. The monoisotopic (exact) mass is 468 g/mol. The van der Waals surface area contributed by atoms with Crippen LogP contribution in [-0.2, 0) is 24.9 Å². The van der Waals surface area contributed by atoms with Crippen LogP contribution < -0.4 is 16.4 Å². The number of piperidine rings is 1. The van der Waals surface area contributed by atoms with E-state index in [-0.39, 0.29) is 18.9 Å². The fourth-order valence-electron chi connectivity index (χ4n) is 4.43. The smallest absolute Gasteiger partial charge is 0.316 e. The summed E-state index contributed by atoms with van der Waals surface area (Å²) in [5.41, 5.74) is 1.40. The Kier molecular flexibility index (Phi) is 7.30. The van der Waals surface area contributed by atoms with E-state index in [1.165, 1.54) is 14.7 Å². The van der Waals surface area contributed by atoms with Crippen LogP contribution in [0.1, 0.15) is 24.8 Å². The summed E-state index contributed by atoms with van der Waals surface area (Å²) in [5.74, 6) is 0.346. The Bertz CT molecular complexity index is 1240. The molecule has 1 aromatic heterocycles. The van der Waals surface area contributed by atoms with E-state index in [0.29, 0.717) is 23.5 Å². The highest BCUT2D eigenvalue weighted by Crippen LogP contribution is 2.19. The summed E-state index contributed by atoms with van der Waals surface area (Å²) in [5, 5.41) is 3.77. The van der Waals surface area contributed by atoms with Crippen LogP contribution in [0, 0.1) is 5.92 Å². The van der Waals surface area contributed by atoms with Gasteiger partial charge in [-0.05, 0) is 61.7 Å². The number of carbonyl (C=O) groups excluding carboxylic acids is 1. The number of benzene rings is 2. The normalized spacial score (nSPS) is 15.1. The number of carbonyl (C=O) groups is 1. The van der Waals surface area contributed by atoms with Crippen LogP contribution in [0.15, 0.2) is 58.1 Å². The first-order valence-corrected chi connectivity index (χ1v) is 11.7. The summed E-state index contributed by atoms with van der Waals surface area (Å²) in [6.07, 6.45) is 2.23. The molecule has 2 heterocycles. The molecule has 1 amide bonds. The summed E-state index contributed by atoms with van der Waals surface area (Å²) in [6.45, 7) is 3.73. The second kappa shape index (κ2) is 10.4. The molecule has 1 N–H and O–H groups in total. The summed E-state index contributed by atoms with van der Waals surface area (Å²) in [7, 11) is 1.59. The molecule has 2 aromatic carbocycles. The average molecular weight is 469 g/mol. The van der Waals surface area contributed by atoms with Crippen molar-refractivity contribution in [1.29, 1.82) is 0 Å². The second-order valence-corrected chi connectivity index (χ2v) is 9.15. The molecule has 0 aliphatic carbocycles. The van der Waals surface area contributed by atoms with E-state index in [1.54, 1.807) is 19.2 Å². The lowest BCUT2D eigenvalue weighted by molar-refractivity contribution is -0.121. The van der Waals surface area contributed by atoms with Gasteiger partial charge in [0.1, 0.15) is 0 Å². The molecule has 3 aromatic rings. The van der Waals surface area contributed by atoms with Crippen molar-refractivity contribution in [3.05, 3.63) is 79.8 Å². The van der Waals surface area contributed by atoms with Crippen molar-refractivity contribution in [3.8, 4) is 0 Å². The predicted octanol–water partition coefficient (Wildman–Crippen LogP) is 2.77. The first kappa shape index (κ1) is 23.3. The molecule has 1 saturated heterocycles. The average Bonchev–Trinajstić information content (AvgIpc) is 2.83. The van der Waals surface area contributed by atoms with Crippen LogP contribution >= 0.6 is 11.6 Å². The number of hydrogen-bond acceptors (Lipinski definition) is 4. The Morgan fingerprint density at radius 2 is 1.67 bits per heavy atom. The number of amides is 1. The van der Waals surface area contributed by atoms with Gasteiger partial charge in [0.15, 0.2) is 0 Å². The number of rotatable bonds is 7. The highest BCUT2D eigenvalue weighted by atomic mass is 35.5. The zero-order valence-corrected chi connectivity index (χ0v) is 19.6. The molecule has 1 fully saturated rings. The lowest BCUT2D eigenvalue weighted by Crippen LogP contribution is -2.41. The zero-order valence-electron chi connectivity index (χ0n) is 18.8. The maximum absolute atomic E-state index is 12.5. The van der Waals surface area contributed by atoms with Gasteiger partial charge < -0.3 is 14.5 Å². The topological polar surface area (TPSA) is 76.3 Å². The van der Waals surface area contributed by atoms with E-state index < -0.39 is 11.1 Å². The highest BCUT2D eigenvalue weighted by molar-refractivity contribution is 6.30. The van der Waals surface area contributed by atoms with Gasteiger partial charge in [-0.25, -0.2) is 0 Å². The maximum atomic E-state index is 12.5. The predicted molar refractivity (Wildman–Crippen MR) is 131 cm³/mol. The minimum atomic E-state index is -0.600. The third-order valence-electron chi connectivity index (χ3n) is 6.44. The molecule has 0 unspecified atom stereocenters. The summed E-state index contributed by atoms with van der Waals surface area (Å²) in [6, 6.07) is 15.2. The summed E-state index contributed by atoms with van der Waals surface area (Å²) in [4.78, 5) is 39.6. The molecule has 0 radical (unpaired) electrons. The Balaban J connectivity index is 1.26.